The number of likely N-dealkylation sites (tertiary alicyclic amines) is 1. The Labute approximate surface area is 152 Å². The molecule has 0 aliphatic carbocycles. The summed E-state index contributed by atoms with van der Waals surface area (Å²) in [7, 11) is 1.79. The molecule has 1 aliphatic rings. The van der Waals surface area contributed by atoms with Crippen molar-refractivity contribution in [2.45, 2.75) is 32.0 Å². The number of rotatable bonds is 4. The molecule has 2 atom stereocenters. The van der Waals surface area contributed by atoms with Crippen molar-refractivity contribution < 1.29 is 23.9 Å². The third-order valence-electron chi connectivity index (χ3n) is 4.55. The van der Waals surface area contributed by atoms with Gasteiger partial charge in [-0.15, -0.1) is 11.3 Å². The molecule has 2 aromatic heterocycles. The first-order valence-corrected chi connectivity index (χ1v) is 8.89. The number of carboxylic acids is 1. The Morgan fingerprint density at radius 3 is 2.73 bits per heavy atom. The highest BCUT2D eigenvalue weighted by atomic mass is 32.1. The lowest BCUT2D eigenvalue weighted by molar-refractivity contribution is -0.150. The van der Waals surface area contributed by atoms with Gasteiger partial charge in [-0.1, -0.05) is 0 Å². The summed E-state index contributed by atoms with van der Waals surface area (Å²) in [4.78, 5) is 38.2. The topological polar surface area (TPSA) is 105 Å². The molecular weight excluding hydrogens is 363 g/mol. The lowest BCUT2D eigenvalue weighted by Gasteiger charge is -2.22. The summed E-state index contributed by atoms with van der Waals surface area (Å²) in [6, 6.07) is 0.838. The van der Waals surface area contributed by atoms with Gasteiger partial charge in [0.25, 0.3) is 5.91 Å². The quantitative estimate of drug-likeness (QED) is 0.824. The molecule has 1 saturated heterocycles. The number of nitrogens with one attached hydrogen (secondary N) is 1. The van der Waals surface area contributed by atoms with Crippen molar-refractivity contribution in [1.29, 1.82) is 0 Å². The maximum Gasteiger partial charge on any atom is 0.343 e. The number of fused-ring (bicyclic) bond motifs is 1. The molecule has 2 aromatic rings. The van der Waals surface area contributed by atoms with Crippen molar-refractivity contribution in [2.24, 2.45) is 7.05 Å². The van der Waals surface area contributed by atoms with Crippen molar-refractivity contribution in [3.8, 4) is 0 Å². The Balaban J connectivity index is 1.68. The summed E-state index contributed by atoms with van der Waals surface area (Å²) in [5.41, 5.74) is -1.61. The Morgan fingerprint density at radius 1 is 1.46 bits per heavy atom. The van der Waals surface area contributed by atoms with Gasteiger partial charge in [-0.2, -0.15) is 5.10 Å². The minimum atomic E-state index is -2.42. The minimum Gasteiger partial charge on any atom is -0.479 e. The molecule has 1 aliphatic heterocycles. The zero-order valence-electron chi connectivity index (χ0n) is 14.6. The van der Waals surface area contributed by atoms with Crippen LogP contribution < -0.4 is 5.32 Å². The first kappa shape index (κ1) is 18.3. The van der Waals surface area contributed by atoms with Crippen LogP contribution in [0.4, 0.5) is 4.39 Å². The molecule has 2 unspecified atom stereocenters. The van der Waals surface area contributed by atoms with Gasteiger partial charge in [0.05, 0.1) is 17.1 Å². The number of carboxylic acid groups (broad SMARTS) is 1. The Morgan fingerprint density at radius 2 is 2.15 bits per heavy atom. The third-order valence-corrected chi connectivity index (χ3v) is 5.75. The standard InChI is InChI=1S/C16H19FN4O4S/c1-8-10-6-11(26-14(10)20(3)19-8)12(22)18-9(2)13(23)21-5-4-16(17,7-21)15(24)25/h6,9H,4-5,7H2,1-3H3,(H,18,22)(H,24,25). The molecule has 0 saturated carbocycles. The van der Waals surface area contributed by atoms with E-state index in [1.807, 2.05) is 6.92 Å². The number of alkyl halides is 1. The van der Waals surface area contributed by atoms with Gasteiger partial charge in [0.15, 0.2) is 0 Å². The molecule has 1 fully saturated rings. The van der Waals surface area contributed by atoms with Crippen LogP contribution in [0.15, 0.2) is 6.07 Å². The smallest absolute Gasteiger partial charge is 0.343 e. The molecule has 10 heteroatoms. The average Bonchev–Trinajstić information content (AvgIpc) is 3.24. The first-order valence-electron chi connectivity index (χ1n) is 8.07. The summed E-state index contributed by atoms with van der Waals surface area (Å²) >= 11 is 1.27. The van der Waals surface area contributed by atoms with Gasteiger partial charge in [-0.05, 0) is 19.9 Å². The van der Waals surface area contributed by atoms with Crippen LogP contribution in [0.5, 0.6) is 0 Å². The van der Waals surface area contributed by atoms with Crippen LogP contribution in [-0.2, 0) is 16.6 Å². The van der Waals surface area contributed by atoms with Gasteiger partial charge in [0, 0.05) is 25.4 Å². The predicted octanol–water partition coefficient (Wildman–Crippen LogP) is 1.09. The van der Waals surface area contributed by atoms with Crippen molar-refractivity contribution in [3.63, 3.8) is 0 Å². The molecule has 0 aromatic carbocycles. The Bertz CT molecular complexity index is 873. The Kier molecular flexibility index (Phi) is 4.47. The third kappa shape index (κ3) is 3.05. The average molecular weight is 382 g/mol. The van der Waals surface area contributed by atoms with E-state index in [9.17, 15) is 18.8 Å². The number of hydrogen-bond acceptors (Lipinski definition) is 5. The lowest BCUT2D eigenvalue weighted by atomic mass is 10.1. The molecular formula is C16H19FN4O4S. The van der Waals surface area contributed by atoms with Crippen LogP contribution in [0.1, 0.15) is 28.7 Å². The summed E-state index contributed by atoms with van der Waals surface area (Å²) in [5.74, 6) is -2.48. The number of aryl methyl sites for hydroxylation is 2. The van der Waals surface area contributed by atoms with Gasteiger partial charge in [-0.25, -0.2) is 9.18 Å². The number of aromatic nitrogens is 2. The zero-order chi connectivity index (χ0) is 19.2. The van der Waals surface area contributed by atoms with Crippen LogP contribution in [0.2, 0.25) is 0 Å². The van der Waals surface area contributed by atoms with Gasteiger partial charge in [-0.3, -0.25) is 14.3 Å². The van der Waals surface area contributed by atoms with E-state index in [2.05, 4.69) is 10.4 Å². The Hall–Kier alpha value is -2.49. The number of halogens is 1. The monoisotopic (exact) mass is 382 g/mol. The van der Waals surface area contributed by atoms with Gasteiger partial charge in [0.1, 0.15) is 10.9 Å². The van der Waals surface area contributed by atoms with E-state index in [1.54, 1.807) is 17.8 Å². The molecule has 8 nitrogen and oxygen atoms in total. The highest BCUT2D eigenvalue weighted by Crippen LogP contribution is 2.28. The van der Waals surface area contributed by atoms with Crippen molar-refractivity contribution in [2.75, 3.05) is 13.1 Å². The molecule has 3 heterocycles. The molecule has 2 N–H and O–H groups in total. The maximum absolute atomic E-state index is 14.1. The van der Waals surface area contributed by atoms with E-state index < -0.39 is 36.0 Å². The normalized spacial score (nSPS) is 21.2. The van der Waals surface area contributed by atoms with Crippen molar-refractivity contribution >= 4 is 39.3 Å². The number of carbonyl (C=O) groups is 3. The van der Waals surface area contributed by atoms with Crippen molar-refractivity contribution in [1.82, 2.24) is 20.0 Å². The molecule has 0 bridgehead atoms. The fraction of sp³-hybridized carbons (Fsp3) is 0.500. The summed E-state index contributed by atoms with van der Waals surface area (Å²) in [6.07, 6.45) is -0.253. The highest BCUT2D eigenvalue weighted by Gasteiger charge is 2.47. The SMILES string of the molecule is Cc1nn(C)c2sc(C(=O)NC(C)C(=O)N3CCC(F)(C(=O)O)C3)cc12. The summed E-state index contributed by atoms with van der Waals surface area (Å²) in [6.45, 7) is 2.85. The van der Waals surface area contributed by atoms with Crippen molar-refractivity contribution in [3.05, 3.63) is 16.6 Å². The number of hydrogen-bond donors (Lipinski definition) is 2. The minimum absolute atomic E-state index is 0.00952. The molecule has 2 amide bonds. The molecule has 0 spiro atoms. The second kappa shape index (κ2) is 6.35. The summed E-state index contributed by atoms with van der Waals surface area (Å²) < 4.78 is 15.8. The van der Waals surface area contributed by atoms with E-state index in [0.29, 0.717) is 4.88 Å². The lowest BCUT2D eigenvalue weighted by Crippen LogP contribution is -2.47. The largest absolute Gasteiger partial charge is 0.479 e. The maximum atomic E-state index is 14.1. The van der Waals surface area contributed by atoms with Gasteiger partial charge < -0.3 is 15.3 Å². The van der Waals surface area contributed by atoms with Gasteiger partial charge in [0.2, 0.25) is 11.6 Å². The molecule has 140 valence electrons. The number of aliphatic carboxylic acids is 1. The van der Waals surface area contributed by atoms with Crippen LogP contribution in [-0.4, -0.2) is 62.4 Å². The number of carbonyl (C=O) groups excluding carboxylic acids is 2. The van der Waals surface area contributed by atoms with Gasteiger partial charge >= 0.3 is 5.97 Å². The van der Waals surface area contributed by atoms with Crippen LogP contribution in [0.3, 0.4) is 0 Å². The molecule has 3 rings (SSSR count). The second-order valence-electron chi connectivity index (χ2n) is 6.51. The van der Waals surface area contributed by atoms with E-state index in [4.69, 9.17) is 5.11 Å². The summed E-state index contributed by atoms with van der Waals surface area (Å²) in [5, 5.41) is 16.7. The number of nitrogens with zero attached hydrogens (tertiary/aromatic N) is 3. The fourth-order valence-corrected chi connectivity index (χ4v) is 4.08. The fourth-order valence-electron chi connectivity index (χ4n) is 3.06. The molecule has 0 radical (unpaired) electrons. The molecule has 26 heavy (non-hydrogen) atoms. The van der Waals surface area contributed by atoms with E-state index in [1.165, 1.54) is 18.3 Å². The van der Waals surface area contributed by atoms with Crippen LogP contribution in [0.25, 0.3) is 10.2 Å². The predicted molar refractivity (Wildman–Crippen MR) is 92.9 cm³/mol. The van der Waals surface area contributed by atoms with Crippen LogP contribution >= 0.6 is 11.3 Å². The van der Waals surface area contributed by atoms with E-state index in [0.717, 1.165) is 20.8 Å². The van der Waals surface area contributed by atoms with E-state index >= 15 is 0 Å². The zero-order valence-corrected chi connectivity index (χ0v) is 15.4. The van der Waals surface area contributed by atoms with Crippen LogP contribution in [0, 0.1) is 6.92 Å². The number of amides is 2. The number of thiophene rings is 1. The second-order valence-corrected chi connectivity index (χ2v) is 7.54. The first-order chi connectivity index (χ1) is 12.1. The highest BCUT2D eigenvalue weighted by molar-refractivity contribution is 7.20. The van der Waals surface area contributed by atoms with E-state index in [-0.39, 0.29) is 13.0 Å².